The molecular formula is C24H27N3O2. The maximum absolute atomic E-state index is 12.6. The summed E-state index contributed by atoms with van der Waals surface area (Å²) in [4.78, 5) is 12.6. The van der Waals surface area contributed by atoms with E-state index in [2.05, 4.69) is 42.5 Å². The van der Waals surface area contributed by atoms with Crippen LogP contribution in [0.15, 0.2) is 48.7 Å². The first-order valence-corrected chi connectivity index (χ1v) is 10.1. The van der Waals surface area contributed by atoms with Crippen molar-refractivity contribution in [2.45, 2.75) is 45.6 Å². The maximum Gasteiger partial charge on any atom is 0.224 e. The van der Waals surface area contributed by atoms with Crippen LogP contribution in [0.1, 0.15) is 46.8 Å². The van der Waals surface area contributed by atoms with Crippen molar-refractivity contribution in [1.29, 1.82) is 0 Å². The molecule has 0 saturated heterocycles. The second-order valence-corrected chi connectivity index (χ2v) is 7.84. The Bertz CT molecular complexity index is 1000. The highest BCUT2D eigenvalue weighted by atomic mass is 16.5. The lowest BCUT2D eigenvalue weighted by atomic mass is 9.92. The summed E-state index contributed by atoms with van der Waals surface area (Å²) in [5, 5.41) is 7.88. The predicted octanol–water partition coefficient (Wildman–Crippen LogP) is 4.23. The topological polar surface area (TPSA) is 56.1 Å². The highest BCUT2D eigenvalue weighted by Crippen LogP contribution is 2.31. The summed E-state index contributed by atoms with van der Waals surface area (Å²) in [7, 11) is 1.64. The molecule has 0 saturated carbocycles. The number of nitrogens with one attached hydrogen (secondary N) is 1. The summed E-state index contributed by atoms with van der Waals surface area (Å²) < 4.78 is 7.22. The van der Waals surface area contributed by atoms with Crippen LogP contribution < -0.4 is 10.1 Å². The van der Waals surface area contributed by atoms with E-state index < -0.39 is 0 Å². The van der Waals surface area contributed by atoms with Gasteiger partial charge in [-0.05, 0) is 74.1 Å². The highest BCUT2D eigenvalue weighted by Gasteiger charge is 2.26. The van der Waals surface area contributed by atoms with Gasteiger partial charge in [0.2, 0.25) is 5.91 Å². The van der Waals surface area contributed by atoms with Crippen LogP contribution in [0.2, 0.25) is 0 Å². The van der Waals surface area contributed by atoms with Gasteiger partial charge in [-0.1, -0.05) is 18.2 Å². The Morgan fingerprint density at radius 2 is 1.90 bits per heavy atom. The number of carbonyl (C=O) groups excluding carboxylic acids is 1. The van der Waals surface area contributed by atoms with Gasteiger partial charge in [-0.25, -0.2) is 4.68 Å². The molecule has 0 aliphatic heterocycles. The van der Waals surface area contributed by atoms with Crippen molar-refractivity contribution in [3.8, 4) is 11.4 Å². The Labute approximate surface area is 171 Å². The molecule has 0 bridgehead atoms. The van der Waals surface area contributed by atoms with Crippen molar-refractivity contribution in [2.24, 2.45) is 0 Å². The third-order valence-corrected chi connectivity index (χ3v) is 5.49. The van der Waals surface area contributed by atoms with Gasteiger partial charge >= 0.3 is 0 Å². The van der Waals surface area contributed by atoms with Crippen LogP contribution in [-0.4, -0.2) is 22.8 Å². The van der Waals surface area contributed by atoms with Crippen LogP contribution in [0, 0.1) is 13.8 Å². The molecule has 5 heteroatoms. The van der Waals surface area contributed by atoms with Crippen LogP contribution >= 0.6 is 0 Å². The zero-order chi connectivity index (χ0) is 20.4. The third-order valence-electron chi connectivity index (χ3n) is 5.49. The van der Waals surface area contributed by atoms with Gasteiger partial charge in [0.15, 0.2) is 0 Å². The second-order valence-electron chi connectivity index (χ2n) is 7.84. The number of benzene rings is 2. The first kappa shape index (κ1) is 19.2. The van der Waals surface area contributed by atoms with Crippen LogP contribution in [0.5, 0.6) is 5.75 Å². The molecule has 1 aliphatic rings. The molecule has 2 aromatic carbocycles. The largest absolute Gasteiger partial charge is 0.497 e. The number of hydrogen-bond acceptors (Lipinski definition) is 3. The molecule has 1 aliphatic carbocycles. The van der Waals surface area contributed by atoms with E-state index in [0.29, 0.717) is 6.42 Å². The first-order chi connectivity index (χ1) is 14.0. The quantitative estimate of drug-likeness (QED) is 0.710. The molecule has 150 valence electrons. The standard InChI is InChI=1S/C24H27N3O2/c1-16-11-17(2)13-19(12-16)27-23-6-4-5-22(21(23)15-25-27)26-24(28)14-18-7-9-20(29-3)10-8-18/h7-13,15,22H,4-6,14H2,1-3H3,(H,26,28)/t22-/m1/s1. The normalized spacial score (nSPS) is 15.6. The number of aryl methyl sites for hydroxylation is 2. The molecule has 3 aromatic rings. The predicted molar refractivity (Wildman–Crippen MR) is 114 cm³/mol. The van der Waals surface area contributed by atoms with Gasteiger partial charge in [-0.3, -0.25) is 4.79 Å². The second kappa shape index (κ2) is 8.11. The smallest absolute Gasteiger partial charge is 0.224 e. The average Bonchev–Trinajstić information content (AvgIpc) is 3.13. The fraction of sp³-hybridized carbons (Fsp3) is 0.333. The van der Waals surface area contributed by atoms with Gasteiger partial charge < -0.3 is 10.1 Å². The number of carbonyl (C=O) groups is 1. The summed E-state index contributed by atoms with van der Waals surface area (Å²) in [6.07, 6.45) is 5.25. The van der Waals surface area contributed by atoms with Gasteiger partial charge in [0, 0.05) is 11.3 Å². The molecule has 5 nitrogen and oxygen atoms in total. The lowest BCUT2D eigenvalue weighted by Crippen LogP contribution is -2.32. The maximum atomic E-state index is 12.6. The highest BCUT2D eigenvalue weighted by molar-refractivity contribution is 5.79. The molecule has 0 unspecified atom stereocenters. The summed E-state index contributed by atoms with van der Waals surface area (Å²) >= 11 is 0. The number of aromatic nitrogens is 2. The van der Waals surface area contributed by atoms with Gasteiger partial charge in [0.25, 0.3) is 0 Å². The molecule has 1 amide bonds. The minimum atomic E-state index is 0.0177. The summed E-state index contributed by atoms with van der Waals surface area (Å²) in [5.41, 5.74) is 6.86. The lowest BCUT2D eigenvalue weighted by Gasteiger charge is -2.24. The fourth-order valence-corrected chi connectivity index (χ4v) is 4.18. The van der Waals surface area contributed by atoms with E-state index >= 15 is 0 Å². The summed E-state index contributed by atoms with van der Waals surface area (Å²) in [5.74, 6) is 0.831. The van der Waals surface area contributed by atoms with Crippen LogP contribution in [-0.2, 0) is 17.6 Å². The Morgan fingerprint density at radius 3 is 2.59 bits per heavy atom. The number of nitrogens with zero attached hydrogens (tertiary/aromatic N) is 2. The van der Waals surface area contributed by atoms with Crippen LogP contribution in [0.25, 0.3) is 5.69 Å². The summed E-state index contributed by atoms with van der Waals surface area (Å²) in [6, 6.07) is 14.1. The number of rotatable bonds is 5. The third kappa shape index (κ3) is 4.19. The van der Waals surface area contributed by atoms with Crippen molar-refractivity contribution >= 4 is 5.91 Å². The molecule has 0 fully saturated rings. The minimum absolute atomic E-state index is 0.0177. The minimum Gasteiger partial charge on any atom is -0.497 e. The zero-order valence-corrected chi connectivity index (χ0v) is 17.2. The van der Waals surface area contributed by atoms with E-state index in [4.69, 9.17) is 4.74 Å². The summed E-state index contributed by atoms with van der Waals surface area (Å²) in [6.45, 7) is 4.21. The van der Waals surface area contributed by atoms with Crippen molar-refractivity contribution in [3.63, 3.8) is 0 Å². The molecular weight excluding hydrogens is 362 g/mol. The Hall–Kier alpha value is -3.08. The van der Waals surface area contributed by atoms with Gasteiger partial charge in [-0.2, -0.15) is 5.10 Å². The number of ether oxygens (including phenoxy) is 1. The Balaban J connectivity index is 1.51. The number of fused-ring (bicyclic) bond motifs is 1. The van der Waals surface area contributed by atoms with Crippen LogP contribution in [0.4, 0.5) is 0 Å². The molecule has 1 N–H and O–H groups in total. The van der Waals surface area contributed by atoms with E-state index in [1.165, 1.54) is 16.8 Å². The Kier molecular flexibility index (Phi) is 5.38. The van der Waals surface area contributed by atoms with E-state index in [1.54, 1.807) is 7.11 Å². The van der Waals surface area contributed by atoms with E-state index in [0.717, 1.165) is 41.8 Å². The van der Waals surface area contributed by atoms with E-state index in [1.807, 2.05) is 35.1 Å². The molecule has 29 heavy (non-hydrogen) atoms. The van der Waals surface area contributed by atoms with Gasteiger partial charge in [-0.15, -0.1) is 0 Å². The van der Waals surface area contributed by atoms with Crippen molar-refractivity contribution in [3.05, 3.63) is 76.6 Å². The molecule has 1 atom stereocenters. The number of methoxy groups -OCH3 is 1. The van der Waals surface area contributed by atoms with Crippen LogP contribution in [0.3, 0.4) is 0 Å². The number of amides is 1. The van der Waals surface area contributed by atoms with Gasteiger partial charge in [0.1, 0.15) is 5.75 Å². The van der Waals surface area contributed by atoms with Crippen molar-refractivity contribution in [1.82, 2.24) is 15.1 Å². The molecule has 0 radical (unpaired) electrons. The fourth-order valence-electron chi connectivity index (χ4n) is 4.18. The van der Waals surface area contributed by atoms with Gasteiger partial charge in [0.05, 0.1) is 31.5 Å². The average molecular weight is 389 g/mol. The SMILES string of the molecule is COc1ccc(CC(=O)N[C@@H]2CCCc3c2cnn3-c2cc(C)cc(C)c2)cc1. The van der Waals surface area contributed by atoms with Crippen molar-refractivity contribution in [2.75, 3.05) is 7.11 Å². The van der Waals surface area contributed by atoms with E-state index in [9.17, 15) is 4.79 Å². The monoisotopic (exact) mass is 389 g/mol. The molecule has 4 rings (SSSR count). The van der Waals surface area contributed by atoms with Crippen molar-refractivity contribution < 1.29 is 9.53 Å². The molecule has 0 spiro atoms. The van der Waals surface area contributed by atoms with E-state index in [-0.39, 0.29) is 11.9 Å². The zero-order valence-electron chi connectivity index (χ0n) is 17.2. The first-order valence-electron chi connectivity index (χ1n) is 10.1. The Morgan fingerprint density at radius 1 is 1.17 bits per heavy atom. The number of hydrogen-bond donors (Lipinski definition) is 1. The molecule has 1 aromatic heterocycles. The molecule has 1 heterocycles. The lowest BCUT2D eigenvalue weighted by molar-refractivity contribution is -0.121.